The van der Waals surface area contributed by atoms with Gasteiger partial charge in [-0.1, -0.05) is 40.2 Å². The summed E-state index contributed by atoms with van der Waals surface area (Å²) in [5.74, 6) is -0.950. The summed E-state index contributed by atoms with van der Waals surface area (Å²) in [5, 5.41) is 9.53. The van der Waals surface area contributed by atoms with Crippen molar-refractivity contribution >= 4 is 21.9 Å². The number of carboxylic acid groups (broad SMARTS) is 1. The molecule has 1 aliphatic rings. The van der Waals surface area contributed by atoms with Crippen molar-refractivity contribution in [2.75, 3.05) is 6.54 Å². The van der Waals surface area contributed by atoms with Gasteiger partial charge < -0.3 is 5.11 Å². The van der Waals surface area contributed by atoms with E-state index in [9.17, 15) is 23.1 Å². The Kier molecular flexibility index (Phi) is 5.39. The van der Waals surface area contributed by atoms with E-state index in [0.29, 0.717) is 24.9 Å². The maximum absolute atomic E-state index is 13.2. The zero-order valence-electron chi connectivity index (χ0n) is 13.7. The quantitative estimate of drug-likeness (QED) is 0.736. The standard InChI is InChI=1S/C19H17BrF3NO2/c20-15-7-2-5-13(11-15)17(24-9-3-8-16(24)18(25)26)12-4-1-6-14(10-12)19(21,22)23/h1-2,4-7,10-11,16-17H,3,8-9H2,(H,25,26). The number of carboxylic acids is 1. The Labute approximate surface area is 157 Å². The molecule has 1 aliphatic heterocycles. The monoisotopic (exact) mass is 427 g/mol. The Morgan fingerprint density at radius 1 is 1.15 bits per heavy atom. The molecule has 7 heteroatoms. The first-order valence-electron chi connectivity index (χ1n) is 8.18. The zero-order valence-corrected chi connectivity index (χ0v) is 15.3. The zero-order chi connectivity index (χ0) is 18.9. The number of halogens is 4. The van der Waals surface area contributed by atoms with Crippen molar-refractivity contribution in [3.8, 4) is 0 Å². The molecule has 0 bridgehead atoms. The Hall–Kier alpha value is -1.86. The molecule has 2 aromatic rings. The Bertz CT molecular complexity index is 809. The number of aliphatic carboxylic acids is 1. The fraction of sp³-hybridized carbons (Fsp3) is 0.316. The van der Waals surface area contributed by atoms with Gasteiger partial charge in [-0.3, -0.25) is 9.69 Å². The largest absolute Gasteiger partial charge is 0.480 e. The molecule has 0 amide bonds. The van der Waals surface area contributed by atoms with Gasteiger partial charge in [0.15, 0.2) is 0 Å². The highest BCUT2D eigenvalue weighted by Gasteiger charge is 2.38. The molecular weight excluding hydrogens is 411 g/mol. The van der Waals surface area contributed by atoms with Crippen LogP contribution >= 0.6 is 15.9 Å². The number of alkyl halides is 3. The lowest BCUT2D eigenvalue weighted by Crippen LogP contribution is -2.39. The molecule has 1 fully saturated rings. The minimum atomic E-state index is -4.45. The maximum Gasteiger partial charge on any atom is 0.416 e. The molecule has 2 unspecified atom stereocenters. The summed E-state index contributed by atoms with van der Waals surface area (Å²) >= 11 is 3.39. The van der Waals surface area contributed by atoms with E-state index in [2.05, 4.69) is 15.9 Å². The second kappa shape index (κ2) is 7.40. The van der Waals surface area contributed by atoms with Crippen LogP contribution in [-0.4, -0.2) is 28.6 Å². The van der Waals surface area contributed by atoms with E-state index < -0.39 is 29.8 Å². The molecule has 3 nitrogen and oxygen atoms in total. The smallest absolute Gasteiger partial charge is 0.416 e. The lowest BCUT2D eigenvalue weighted by molar-refractivity contribution is -0.143. The molecule has 2 atom stereocenters. The van der Waals surface area contributed by atoms with Crippen LogP contribution in [0, 0.1) is 0 Å². The van der Waals surface area contributed by atoms with Crippen LogP contribution in [0.5, 0.6) is 0 Å². The molecule has 0 saturated carbocycles. The summed E-state index contributed by atoms with van der Waals surface area (Å²) in [6.07, 6.45) is -3.27. The van der Waals surface area contributed by atoms with Crippen LogP contribution < -0.4 is 0 Å². The minimum Gasteiger partial charge on any atom is -0.480 e. The highest BCUT2D eigenvalue weighted by molar-refractivity contribution is 9.10. The summed E-state index contributed by atoms with van der Waals surface area (Å²) in [6.45, 7) is 0.518. The van der Waals surface area contributed by atoms with Gasteiger partial charge in [-0.15, -0.1) is 0 Å². The van der Waals surface area contributed by atoms with Crippen molar-refractivity contribution in [2.24, 2.45) is 0 Å². The van der Waals surface area contributed by atoms with Crippen LogP contribution in [0.2, 0.25) is 0 Å². The number of hydrogen-bond acceptors (Lipinski definition) is 2. The highest BCUT2D eigenvalue weighted by atomic mass is 79.9. The average molecular weight is 428 g/mol. The van der Waals surface area contributed by atoms with Crippen LogP contribution in [-0.2, 0) is 11.0 Å². The highest BCUT2D eigenvalue weighted by Crippen LogP contribution is 2.38. The van der Waals surface area contributed by atoms with E-state index in [1.54, 1.807) is 17.0 Å². The van der Waals surface area contributed by atoms with Crippen LogP contribution in [0.4, 0.5) is 13.2 Å². The SMILES string of the molecule is O=C(O)C1CCCN1C(c1cccc(Br)c1)c1cccc(C(F)(F)F)c1. The van der Waals surface area contributed by atoms with Crippen molar-refractivity contribution in [3.05, 3.63) is 69.7 Å². The Morgan fingerprint density at radius 2 is 1.81 bits per heavy atom. The Balaban J connectivity index is 2.11. The molecule has 0 radical (unpaired) electrons. The summed E-state index contributed by atoms with van der Waals surface area (Å²) in [4.78, 5) is 13.4. The topological polar surface area (TPSA) is 40.5 Å². The van der Waals surface area contributed by atoms with Crippen molar-refractivity contribution in [1.29, 1.82) is 0 Å². The number of hydrogen-bond donors (Lipinski definition) is 1. The summed E-state index contributed by atoms with van der Waals surface area (Å²) < 4.78 is 40.3. The van der Waals surface area contributed by atoms with Gasteiger partial charge >= 0.3 is 12.1 Å². The second-order valence-corrected chi connectivity index (χ2v) is 7.23. The summed E-state index contributed by atoms with van der Waals surface area (Å²) in [5.41, 5.74) is 0.457. The number of nitrogens with zero attached hydrogens (tertiary/aromatic N) is 1. The van der Waals surface area contributed by atoms with E-state index in [4.69, 9.17) is 0 Å². The molecule has 138 valence electrons. The van der Waals surface area contributed by atoms with E-state index in [1.807, 2.05) is 18.2 Å². The normalized spacial score (nSPS) is 19.5. The number of benzene rings is 2. The van der Waals surface area contributed by atoms with Gasteiger partial charge in [0.05, 0.1) is 11.6 Å². The predicted octanol–water partition coefficient (Wildman–Crippen LogP) is 5.11. The maximum atomic E-state index is 13.2. The van der Waals surface area contributed by atoms with E-state index in [-0.39, 0.29) is 0 Å². The van der Waals surface area contributed by atoms with Crippen LogP contribution in [0.3, 0.4) is 0 Å². The average Bonchev–Trinajstić information content (AvgIpc) is 3.04. The predicted molar refractivity (Wildman–Crippen MR) is 94.8 cm³/mol. The first-order valence-corrected chi connectivity index (χ1v) is 8.98. The van der Waals surface area contributed by atoms with E-state index in [1.165, 1.54) is 6.07 Å². The molecular formula is C19H17BrF3NO2. The number of likely N-dealkylation sites (tertiary alicyclic amines) is 1. The van der Waals surface area contributed by atoms with Crippen molar-refractivity contribution in [3.63, 3.8) is 0 Å². The van der Waals surface area contributed by atoms with E-state index >= 15 is 0 Å². The van der Waals surface area contributed by atoms with Gasteiger partial charge in [-0.2, -0.15) is 13.2 Å². The van der Waals surface area contributed by atoms with Gasteiger partial charge in [-0.25, -0.2) is 0 Å². The second-order valence-electron chi connectivity index (χ2n) is 6.31. The minimum absolute atomic E-state index is 0.436. The summed E-state index contributed by atoms with van der Waals surface area (Å²) in [7, 11) is 0. The third-order valence-corrected chi connectivity index (χ3v) is 5.10. The molecule has 1 N–H and O–H groups in total. The molecule has 0 aromatic heterocycles. The van der Waals surface area contributed by atoms with Crippen molar-refractivity contribution in [2.45, 2.75) is 31.1 Å². The van der Waals surface area contributed by atoms with Crippen molar-refractivity contribution in [1.82, 2.24) is 4.90 Å². The van der Waals surface area contributed by atoms with Crippen LogP contribution in [0.25, 0.3) is 0 Å². The first-order chi connectivity index (χ1) is 12.3. The Morgan fingerprint density at radius 3 is 2.42 bits per heavy atom. The first kappa shape index (κ1) is 18.9. The van der Waals surface area contributed by atoms with Gasteiger partial charge in [0.1, 0.15) is 6.04 Å². The molecule has 26 heavy (non-hydrogen) atoms. The van der Waals surface area contributed by atoms with Gasteiger partial charge in [0.2, 0.25) is 0 Å². The van der Waals surface area contributed by atoms with Gasteiger partial charge in [0.25, 0.3) is 0 Å². The van der Waals surface area contributed by atoms with Crippen LogP contribution in [0.1, 0.15) is 35.6 Å². The molecule has 1 saturated heterocycles. The number of carbonyl (C=O) groups is 1. The molecule has 0 aliphatic carbocycles. The molecule has 3 rings (SSSR count). The number of rotatable bonds is 4. The van der Waals surface area contributed by atoms with E-state index in [0.717, 1.165) is 22.2 Å². The lowest BCUT2D eigenvalue weighted by atomic mass is 9.95. The fourth-order valence-corrected chi connectivity index (χ4v) is 3.92. The van der Waals surface area contributed by atoms with Crippen molar-refractivity contribution < 1.29 is 23.1 Å². The van der Waals surface area contributed by atoms with Gasteiger partial charge in [-0.05, 0) is 48.2 Å². The lowest BCUT2D eigenvalue weighted by Gasteiger charge is -2.32. The third kappa shape index (κ3) is 3.94. The van der Waals surface area contributed by atoms with Gasteiger partial charge in [0, 0.05) is 11.0 Å². The molecule has 2 aromatic carbocycles. The van der Waals surface area contributed by atoms with Crippen LogP contribution in [0.15, 0.2) is 53.0 Å². The fourth-order valence-electron chi connectivity index (χ4n) is 3.50. The molecule has 0 spiro atoms. The molecule has 1 heterocycles. The summed E-state index contributed by atoms with van der Waals surface area (Å²) in [6, 6.07) is 11.1. The third-order valence-electron chi connectivity index (χ3n) is 4.61.